The van der Waals surface area contributed by atoms with E-state index < -0.39 is 60.4 Å². The number of rotatable bonds is 4. The van der Waals surface area contributed by atoms with Crippen LogP contribution >= 0.6 is 0 Å². The molecule has 0 saturated heterocycles. The zero-order valence-corrected chi connectivity index (χ0v) is 26.3. The number of para-hydroxylation sites is 3. The van der Waals surface area contributed by atoms with Gasteiger partial charge in [-0.15, -0.1) is 0 Å². The maximum absolute atomic E-state index is 8.66. The van der Waals surface area contributed by atoms with E-state index in [-0.39, 0.29) is 28.6 Å². The molecule has 7 aromatic carbocycles. The summed E-state index contributed by atoms with van der Waals surface area (Å²) in [5, 5.41) is 5.75. The van der Waals surface area contributed by atoms with Gasteiger partial charge in [0.2, 0.25) is 0 Å². The summed E-state index contributed by atoms with van der Waals surface area (Å²) in [6.07, 6.45) is 0. The van der Waals surface area contributed by atoms with Crippen LogP contribution < -0.4 is 0 Å². The van der Waals surface area contributed by atoms with Crippen molar-refractivity contribution in [3.8, 4) is 39.9 Å². The normalized spacial score (nSPS) is 14.7. The van der Waals surface area contributed by atoms with Gasteiger partial charge in [-0.2, -0.15) is 0 Å². The molecule has 0 aliphatic carbocycles. The van der Waals surface area contributed by atoms with Crippen molar-refractivity contribution in [3.05, 3.63) is 157 Å². The van der Waals surface area contributed by atoms with Crippen LogP contribution in [0.3, 0.4) is 0 Å². The van der Waals surface area contributed by atoms with Crippen LogP contribution in [0.4, 0.5) is 0 Å². The topological polar surface area (TPSA) is 69.9 Å². The van der Waals surface area contributed by atoms with Crippen molar-refractivity contribution in [2.45, 2.75) is 0 Å². The molecule has 11 aromatic rings. The predicted octanol–water partition coefficient (Wildman–Crippen LogP) is 11.8. The van der Waals surface area contributed by atoms with Gasteiger partial charge in [0.1, 0.15) is 16.7 Å². The molecule has 0 bridgehead atoms. The first kappa shape index (κ1) is 19.8. The number of hydrogen-bond donors (Lipinski definition) is 0. The third-order valence-electron chi connectivity index (χ3n) is 9.23. The molecule has 11 rings (SSSR count). The number of hydrogen-bond acceptors (Lipinski definition) is 5. The Bertz CT molecular complexity index is 3600. The molecular weight excluding hydrogens is 629 g/mol. The Balaban J connectivity index is 1.14. The molecule has 4 aromatic heterocycles. The van der Waals surface area contributed by atoms with Crippen molar-refractivity contribution in [1.82, 2.24) is 19.5 Å². The quantitative estimate of drug-likeness (QED) is 0.187. The van der Waals surface area contributed by atoms with E-state index in [4.69, 9.17) is 22.5 Å². The maximum atomic E-state index is 8.66. The zero-order chi connectivity index (χ0) is 42.2. The maximum Gasteiger partial charge on any atom is 0.164 e. The van der Waals surface area contributed by atoms with Crippen molar-refractivity contribution in [3.63, 3.8) is 0 Å². The van der Waals surface area contributed by atoms with Crippen LogP contribution in [0.5, 0.6) is 0 Å². The monoisotopic (exact) mass is 664 g/mol. The largest absolute Gasteiger partial charge is 0.456 e. The molecule has 0 spiro atoms. The molecule has 0 unspecified atom stereocenters. The third kappa shape index (κ3) is 4.26. The van der Waals surface area contributed by atoms with Crippen molar-refractivity contribution in [2.24, 2.45) is 0 Å². The first-order chi connectivity index (χ1) is 29.4. The minimum absolute atomic E-state index is 0.0570. The van der Waals surface area contributed by atoms with Crippen molar-refractivity contribution >= 4 is 65.7 Å². The van der Waals surface area contributed by atoms with Crippen molar-refractivity contribution in [1.29, 1.82) is 0 Å². The molecule has 0 saturated carbocycles. The Kier molecular flexibility index (Phi) is 4.17. The summed E-state index contributed by atoms with van der Waals surface area (Å²) in [6, 6.07) is 25.5. The lowest BCUT2D eigenvalue weighted by molar-refractivity contribution is 0.665. The molecule has 0 fully saturated rings. The number of fused-ring (bicyclic) bond motifs is 9. The molecule has 4 heterocycles. The first-order valence-electron chi connectivity index (χ1n) is 21.1. The van der Waals surface area contributed by atoms with E-state index in [1.54, 1.807) is 12.1 Å². The highest BCUT2D eigenvalue weighted by molar-refractivity contribution is 6.18. The zero-order valence-electron chi connectivity index (χ0n) is 36.3. The van der Waals surface area contributed by atoms with E-state index in [0.717, 1.165) is 60.2 Å². The first-order valence-corrected chi connectivity index (χ1v) is 16.1. The highest BCUT2D eigenvalue weighted by Gasteiger charge is 2.20. The summed E-state index contributed by atoms with van der Waals surface area (Å²) < 4.78 is 99.3. The summed E-state index contributed by atoms with van der Waals surface area (Å²) in [7, 11) is 0. The Morgan fingerprint density at radius 3 is 1.82 bits per heavy atom. The van der Waals surface area contributed by atoms with E-state index in [2.05, 4.69) is 49.9 Å². The molecule has 238 valence electrons. The molecule has 0 amide bonds. The molecule has 6 nitrogen and oxygen atoms in total. The number of furan rings is 2. The third-order valence-corrected chi connectivity index (χ3v) is 9.23. The Labute approximate surface area is 304 Å². The molecule has 0 aliphatic heterocycles. The fourth-order valence-electron chi connectivity index (χ4n) is 7.00. The van der Waals surface area contributed by atoms with Crippen LogP contribution in [-0.2, 0) is 0 Å². The molecule has 0 N–H and O–H groups in total. The summed E-state index contributed by atoms with van der Waals surface area (Å²) >= 11 is 0. The van der Waals surface area contributed by atoms with Crippen LogP contribution in [0.15, 0.2) is 166 Å². The highest BCUT2D eigenvalue weighted by atomic mass is 16.3. The van der Waals surface area contributed by atoms with E-state index in [1.807, 2.05) is 54.6 Å². The molecule has 0 aliphatic rings. The van der Waals surface area contributed by atoms with Gasteiger partial charge in [0.15, 0.2) is 23.1 Å². The lowest BCUT2D eigenvalue weighted by Crippen LogP contribution is -2.00. The summed E-state index contributed by atoms with van der Waals surface area (Å²) in [6.45, 7) is 0. The van der Waals surface area contributed by atoms with Crippen molar-refractivity contribution in [2.75, 3.05) is 0 Å². The van der Waals surface area contributed by atoms with Gasteiger partial charge in [-0.05, 0) is 36.4 Å². The fourth-order valence-corrected chi connectivity index (χ4v) is 7.00. The van der Waals surface area contributed by atoms with Gasteiger partial charge in [0, 0.05) is 55.1 Å². The van der Waals surface area contributed by atoms with Gasteiger partial charge in [-0.25, -0.2) is 15.0 Å². The highest BCUT2D eigenvalue weighted by Crippen LogP contribution is 2.41. The second-order valence-corrected chi connectivity index (χ2v) is 12.1. The smallest absolute Gasteiger partial charge is 0.164 e. The molecule has 51 heavy (non-hydrogen) atoms. The second-order valence-electron chi connectivity index (χ2n) is 12.1. The minimum atomic E-state index is -0.618. The van der Waals surface area contributed by atoms with Crippen LogP contribution in [0.2, 0.25) is 0 Å². The summed E-state index contributed by atoms with van der Waals surface area (Å²) in [5.41, 5.74) is 4.95. The number of aromatic nitrogens is 4. The Hall–Kier alpha value is -7.05. The van der Waals surface area contributed by atoms with E-state index in [9.17, 15) is 0 Å². The van der Waals surface area contributed by atoms with Crippen LogP contribution in [-0.4, -0.2) is 19.5 Å². The summed E-state index contributed by atoms with van der Waals surface area (Å²) in [5.74, 6) is -0.750. The van der Waals surface area contributed by atoms with E-state index >= 15 is 0 Å². The van der Waals surface area contributed by atoms with Gasteiger partial charge in [-0.1, -0.05) is 115 Å². The van der Waals surface area contributed by atoms with E-state index in [1.165, 1.54) is 0 Å². The SMILES string of the molecule is [2H]c1c([2H])c([2H])c(-c2nc(-c3ccc4c(c3)oc3c(-n5c6ccccc6c6cc7c(cc65)oc5ccccc57)cccc34)nc(-c3c([2H])c([2H])c([2H])c([2H])c3[2H])n2)c([2H])c1[2H]. The fraction of sp³-hybridized carbons (Fsp3) is 0. The Morgan fingerprint density at radius 1 is 0.431 bits per heavy atom. The van der Waals surface area contributed by atoms with Crippen molar-refractivity contribution < 1.29 is 22.5 Å². The Morgan fingerprint density at radius 2 is 1.06 bits per heavy atom. The molecule has 0 radical (unpaired) electrons. The van der Waals surface area contributed by atoms with Gasteiger partial charge < -0.3 is 13.4 Å². The van der Waals surface area contributed by atoms with Crippen LogP contribution in [0.25, 0.3) is 106 Å². The van der Waals surface area contributed by atoms with Gasteiger partial charge in [0.25, 0.3) is 0 Å². The summed E-state index contributed by atoms with van der Waals surface area (Å²) in [4.78, 5) is 13.6. The average Bonchev–Trinajstić information content (AvgIpc) is 3.94. The molecular formula is C45H26N4O2. The van der Waals surface area contributed by atoms with Gasteiger partial charge >= 0.3 is 0 Å². The van der Waals surface area contributed by atoms with Gasteiger partial charge in [0.05, 0.1) is 30.4 Å². The number of benzene rings is 7. The van der Waals surface area contributed by atoms with Gasteiger partial charge in [-0.3, -0.25) is 0 Å². The lowest BCUT2D eigenvalue weighted by atomic mass is 10.1. The van der Waals surface area contributed by atoms with Crippen LogP contribution in [0.1, 0.15) is 13.7 Å². The van der Waals surface area contributed by atoms with Crippen LogP contribution in [0, 0.1) is 0 Å². The average molecular weight is 665 g/mol. The molecule has 6 heteroatoms. The van der Waals surface area contributed by atoms with E-state index in [0.29, 0.717) is 16.7 Å². The minimum Gasteiger partial charge on any atom is -0.456 e. The lowest BCUT2D eigenvalue weighted by Gasteiger charge is -2.08. The molecule has 0 atom stereocenters. The predicted molar refractivity (Wildman–Crippen MR) is 205 cm³/mol. The number of nitrogens with zero attached hydrogens (tertiary/aromatic N) is 4. The standard InChI is InChI=1S/C45H26N4O2/c1-3-12-27(13-4-1)43-46-44(28-14-5-2-6-15-28)48-45(47-43)29-22-23-32-33-18-11-20-37(42(33)51-40(32)24-29)49-36-19-9-7-16-30(36)34-25-35-31-17-8-10-21-39(31)50-41(35)26-38(34)49/h1-26H/i1D,2D,3D,4D,5D,6D,12D,13D,14D,15D. The second kappa shape index (κ2) is 10.7.